The van der Waals surface area contributed by atoms with Crippen molar-refractivity contribution < 1.29 is 0 Å². The highest BCUT2D eigenvalue weighted by Crippen LogP contribution is 2.25. The van der Waals surface area contributed by atoms with Crippen LogP contribution in [0.1, 0.15) is 56.9 Å². The monoisotopic (exact) mass is 347 g/mol. The maximum absolute atomic E-state index is 7.51. The quantitative estimate of drug-likeness (QED) is 0.532. The molecule has 0 unspecified atom stereocenters. The van der Waals surface area contributed by atoms with Crippen molar-refractivity contribution >= 4 is 5.57 Å². The molecule has 0 spiro atoms. The molecule has 0 aliphatic heterocycles. The zero-order valence-corrected chi connectivity index (χ0v) is 17.3. The van der Waals surface area contributed by atoms with Gasteiger partial charge in [0.2, 0.25) is 0 Å². The molecule has 1 nitrogen and oxygen atoms in total. The molecule has 0 N–H and O–H groups in total. The highest BCUT2D eigenvalue weighted by Gasteiger charge is 2.11. The van der Waals surface area contributed by atoms with E-state index in [-0.39, 0.29) is 0 Å². The highest BCUT2D eigenvalue weighted by atomic mass is 14.2. The summed E-state index contributed by atoms with van der Waals surface area (Å²) in [4.78, 5) is 0. The summed E-state index contributed by atoms with van der Waals surface area (Å²) < 4.78 is 0. The Hall–Kier alpha value is -2.59. The molecule has 138 valence electrons. The van der Waals surface area contributed by atoms with Crippen LogP contribution in [-0.4, -0.2) is 0 Å². The fraction of sp³-hybridized carbons (Fsp3) is 0.320. The van der Waals surface area contributed by atoms with E-state index in [1.165, 1.54) is 28.3 Å². The normalized spacial score (nSPS) is 9.58. The van der Waals surface area contributed by atoms with Gasteiger partial charge in [-0.3, -0.25) is 0 Å². The van der Waals surface area contributed by atoms with Gasteiger partial charge in [-0.25, -0.2) is 0 Å². The van der Waals surface area contributed by atoms with Crippen LogP contribution >= 0.6 is 0 Å². The smallest absolute Gasteiger partial charge is 0.0905 e. The topological polar surface area (TPSA) is 23.8 Å². The number of nitrogens with zero attached hydrogens (tertiary/aromatic N) is 1. The van der Waals surface area contributed by atoms with E-state index < -0.39 is 0 Å². The molecule has 0 heterocycles. The first kappa shape index (κ1) is 23.4. The first-order valence-corrected chi connectivity index (χ1v) is 9.12. The summed E-state index contributed by atoms with van der Waals surface area (Å²) in [7, 11) is 0. The average Bonchev–Trinajstić information content (AvgIpc) is 2.63. The van der Waals surface area contributed by atoms with Crippen molar-refractivity contribution in [3.05, 3.63) is 90.0 Å². The summed E-state index contributed by atoms with van der Waals surface area (Å²) in [6.07, 6.45) is 2.28. The first-order valence-electron chi connectivity index (χ1n) is 9.12. The van der Waals surface area contributed by atoms with Crippen LogP contribution in [0.25, 0.3) is 5.57 Å². The molecule has 2 aromatic carbocycles. The van der Waals surface area contributed by atoms with Gasteiger partial charge in [-0.15, -0.1) is 0 Å². The van der Waals surface area contributed by atoms with E-state index in [0.717, 1.165) is 12.0 Å². The molecule has 26 heavy (non-hydrogen) atoms. The van der Waals surface area contributed by atoms with Crippen molar-refractivity contribution in [3.63, 3.8) is 0 Å². The summed E-state index contributed by atoms with van der Waals surface area (Å²) in [6, 6.07) is 19.1. The van der Waals surface area contributed by atoms with Crippen molar-refractivity contribution in [2.24, 2.45) is 5.41 Å². The lowest BCUT2D eigenvalue weighted by atomic mass is 9.87. The Kier molecular flexibility index (Phi) is 10.7. The molecule has 0 bridgehead atoms. The molecule has 1 heteroatoms. The fourth-order valence-corrected chi connectivity index (χ4v) is 2.36. The summed E-state index contributed by atoms with van der Waals surface area (Å²) in [5.74, 6) is 0. The molecular formula is C25H33N. The minimum atomic E-state index is 0.329. The fourth-order valence-electron chi connectivity index (χ4n) is 2.36. The highest BCUT2D eigenvalue weighted by molar-refractivity contribution is 5.78. The van der Waals surface area contributed by atoms with Crippen molar-refractivity contribution in [3.8, 4) is 6.07 Å². The number of allylic oxidation sites excluding steroid dienone is 1. The Labute approximate surface area is 160 Å². The molecule has 0 radical (unpaired) electrons. The molecule has 2 rings (SSSR count). The predicted molar refractivity (Wildman–Crippen MR) is 116 cm³/mol. The summed E-state index contributed by atoms with van der Waals surface area (Å²) in [5.41, 5.74) is 6.48. The summed E-state index contributed by atoms with van der Waals surface area (Å²) >= 11 is 0. The lowest BCUT2D eigenvalue weighted by Gasteiger charge is -2.18. The van der Waals surface area contributed by atoms with Gasteiger partial charge >= 0.3 is 0 Å². The standard InChI is InChI=1S/C20H24.C3H3N.C2H6/c1-15-6-10-18(11-7-15)16(2)19-12-8-17(9-13-19)14-20(3,4)5;1-2-3-4;1-2/h6-13H,2,14H2,1,3-5H3;2H,1H2;1-2H3. The Morgan fingerprint density at radius 1 is 0.962 bits per heavy atom. The van der Waals surface area contributed by atoms with Crippen LogP contribution in [0.5, 0.6) is 0 Å². The molecule has 0 aliphatic carbocycles. The SMILES string of the molecule is C=C(c1ccc(C)cc1)c1ccc(CC(C)(C)C)cc1.C=CC#N.CC. The van der Waals surface area contributed by atoms with Crippen LogP contribution in [0.15, 0.2) is 67.8 Å². The molecule has 0 fully saturated rings. The molecule has 0 aromatic heterocycles. The van der Waals surface area contributed by atoms with E-state index >= 15 is 0 Å². The molecule has 2 aromatic rings. The number of hydrogen-bond acceptors (Lipinski definition) is 1. The zero-order chi connectivity index (χ0) is 20.2. The van der Waals surface area contributed by atoms with Gasteiger partial charge in [-0.2, -0.15) is 5.26 Å². The van der Waals surface area contributed by atoms with Gasteiger partial charge in [0.25, 0.3) is 0 Å². The van der Waals surface area contributed by atoms with E-state index in [0.29, 0.717) is 5.41 Å². The maximum atomic E-state index is 7.51. The van der Waals surface area contributed by atoms with Crippen molar-refractivity contribution in [1.82, 2.24) is 0 Å². The largest absolute Gasteiger partial charge is 0.193 e. The third-order valence-corrected chi connectivity index (χ3v) is 3.53. The molecule has 0 saturated carbocycles. The number of hydrogen-bond donors (Lipinski definition) is 0. The summed E-state index contributed by atoms with van der Waals surface area (Å²) in [5, 5.41) is 7.51. The van der Waals surface area contributed by atoms with Crippen LogP contribution in [-0.2, 0) is 6.42 Å². The molecular weight excluding hydrogens is 314 g/mol. The Balaban J connectivity index is 0.000000920. The predicted octanol–water partition coefficient (Wildman–Crippen LogP) is 7.37. The van der Waals surface area contributed by atoms with Gasteiger partial charge in [0.05, 0.1) is 6.07 Å². The third-order valence-electron chi connectivity index (χ3n) is 3.53. The molecule has 0 saturated heterocycles. The van der Waals surface area contributed by atoms with Gasteiger partial charge in [-0.05, 0) is 41.0 Å². The zero-order valence-electron chi connectivity index (χ0n) is 17.3. The minimum absolute atomic E-state index is 0.329. The molecule has 0 aliphatic rings. The number of rotatable bonds is 3. The van der Waals surface area contributed by atoms with Crippen molar-refractivity contribution in [2.45, 2.75) is 48.0 Å². The van der Waals surface area contributed by atoms with Crippen LogP contribution < -0.4 is 0 Å². The van der Waals surface area contributed by atoms with E-state index in [1.807, 2.05) is 13.8 Å². The lowest BCUT2D eigenvalue weighted by molar-refractivity contribution is 0.411. The van der Waals surface area contributed by atoms with E-state index in [4.69, 9.17) is 5.26 Å². The molecule has 0 amide bonds. The van der Waals surface area contributed by atoms with Crippen LogP contribution in [0.3, 0.4) is 0 Å². The van der Waals surface area contributed by atoms with Crippen LogP contribution in [0.4, 0.5) is 0 Å². The first-order chi connectivity index (χ1) is 12.3. The Morgan fingerprint density at radius 3 is 1.69 bits per heavy atom. The third kappa shape index (κ3) is 9.04. The Morgan fingerprint density at radius 2 is 1.35 bits per heavy atom. The van der Waals surface area contributed by atoms with Crippen molar-refractivity contribution in [2.75, 3.05) is 0 Å². The van der Waals surface area contributed by atoms with E-state index in [1.54, 1.807) is 6.07 Å². The van der Waals surface area contributed by atoms with Crippen LogP contribution in [0, 0.1) is 23.7 Å². The van der Waals surface area contributed by atoms with Gasteiger partial charge in [0.1, 0.15) is 0 Å². The summed E-state index contributed by atoms with van der Waals surface area (Å²) in [6.45, 7) is 20.3. The van der Waals surface area contributed by atoms with Gasteiger partial charge in [0, 0.05) is 6.08 Å². The Bertz CT molecular complexity index is 705. The molecule has 0 atom stereocenters. The number of nitriles is 1. The number of benzene rings is 2. The van der Waals surface area contributed by atoms with Gasteiger partial charge in [0.15, 0.2) is 0 Å². The van der Waals surface area contributed by atoms with Crippen LogP contribution in [0.2, 0.25) is 0 Å². The van der Waals surface area contributed by atoms with E-state index in [2.05, 4.69) is 89.4 Å². The van der Waals surface area contributed by atoms with Gasteiger partial charge in [-0.1, -0.05) is 102 Å². The van der Waals surface area contributed by atoms with E-state index in [9.17, 15) is 0 Å². The minimum Gasteiger partial charge on any atom is -0.193 e. The second kappa shape index (κ2) is 11.9. The lowest BCUT2D eigenvalue weighted by Crippen LogP contribution is -2.08. The average molecular weight is 348 g/mol. The second-order valence-corrected chi connectivity index (χ2v) is 7.11. The van der Waals surface area contributed by atoms with Crippen molar-refractivity contribution in [1.29, 1.82) is 5.26 Å². The number of aryl methyl sites for hydroxylation is 1. The van der Waals surface area contributed by atoms with Gasteiger partial charge < -0.3 is 0 Å². The second-order valence-electron chi connectivity index (χ2n) is 7.11. The maximum Gasteiger partial charge on any atom is 0.0905 e.